The molecule has 23 heavy (non-hydrogen) atoms. The fraction of sp³-hybridized carbons (Fsp3) is 0.0667. The number of hydrogen-bond acceptors (Lipinski definition) is 4. The van der Waals surface area contributed by atoms with Gasteiger partial charge >= 0.3 is 0 Å². The Bertz CT molecular complexity index is 866. The number of nitrogens with zero attached hydrogens (tertiary/aromatic N) is 4. The summed E-state index contributed by atoms with van der Waals surface area (Å²) < 4.78 is 15.2. The SMILES string of the molecule is Cc1ccc(NC(=O)c2cc(Cl)ccc2F)cc1-n1cnnn1. The summed E-state index contributed by atoms with van der Waals surface area (Å²) in [6, 6.07) is 9.04. The molecule has 0 bridgehead atoms. The molecule has 3 rings (SSSR count). The van der Waals surface area contributed by atoms with E-state index < -0.39 is 11.7 Å². The summed E-state index contributed by atoms with van der Waals surface area (Å²) in [6.45, 7) is 1.89. The number of benzene rings is 2. The number of aromatic nitrogens is 4. The molecule has 0 aliphatic carbocycles. The Morgan fingerprint density at radius 2 is 2.09 bits per heavy atom. The third kappa shape index (κ3) is 3.19. The number of anilines is 1. The molecule has 6 nitrogen and oxygen atoms in total. The second-order valence-corrected chi connectivity index (χ2v) is 5.27. The summed E-state index contributed by atoms with van der Waals surface area (Å²) >= 11 is 5.81. The van der Waals surface area contributed by atoms with Gasteiger partial charge in [0, 0.05) is 10.7 Å². The lowest BCUT2D eigenvalue weighted by Crippen LogP contribution is -2.14. The first kappa shape index (κ1) is 15.1. The molecule has 0 atom stereocenters. The summed E-state index contributed by atoms with van der Waals surface area (Å²) in [5.41, 5.74) is 2.00. The van der Waals surface area contributed by atoms with Gasteiger partial charge in [0.1, 0.15) is 12.1 Å². The second-order valence-electron chi connectivity index (χ2n) is 4.83. The third-order valence-electron chi connectivity index (χ3n) is 3.24. The first-order valence-electron chi connectivity index (χ1n) is 6.65. The van der Waals surface area contributed by atoms with Gasteiger partial charge < -0.3 is 5.32 Å². The molecule has 0 saturated heterocycles. The minimum Gasteiger partial charge on any atom is -0.322 e. The number of aryl methyl sites for hydroxylation is 1. The average Bonchev–Trinajstić information content (AvgIpc) is 3.05. The molecule has 116 valence electrons. The number of amides is 1. The second kappa shape index (κ2) is 6.13. The fourth-order valence-corrected chi connectivity index (χ4v) is 2.25. The molecule has 0 radical (unpaired) electrons. The van der Waals surface area contributed by atoms with Gasteiger partial charge in [0.2, 0.25) is 0 Å². The Hall–Kier alpha value is -2.80. The van der Waals surface area contributed by atoms with Crippen molar-refractivity contribution in [2.24, 2.45) is 0 Å². The smallest absolute Gasteiger partial charge is 0.258 e. The zero-order valence-corrected chi connectivity index (χ0v) is 12.8. The number of tetrazole rings is 1. The minimum absolute atomic E-state index is 0.123. The van der Waals surface area contributed by atoms with Gasteiger partial charge in [0.25, 0.3) is 5.91 Å². The van der Waals surface area contributed by atoms with Gasteiger partial charge in [-0.05, 0) is 53.2 Å². The summed E-state index contributed by atoms with van der Waals surface area (Å²) in [7, 11) is 0. The molecule has 3 aromatic rings. The monoisotopic (exact) mass is 331 g/mol. The van der Waals surface area contributed by atoms with Gasteiger partial charge in [-0.15, -0.1) is 5.10 Å². The lowest BCUT2D eigenvalue weighted by atomic mass is 10.1. The van der Waals surface area contributed by atoms with Gasteiger partial charge in [-0.25, -0.2) is 9.07 Å². The van der Waals surface area contributed by atoms with Crippen LogP contribution in [0.5, 0.6) is 0 Å². The van der Waals surface area contributed by atoms with Crippen LogP contribution in [0.2, 0.25) is 5.02 Å². The lowest BCUT2D eigenvalue weighted by Gasteiger charge is -2.10. The first-order chi connectivity index (χ1) is 11.0. The molecule has 1 aromatic heterocycles. The highest BCUT2D eigenvalue weighted by atomic mass is 35.5. The van der Waals surface area contributed by atoms with Crippen molar-refractivity contribution in [3.8, 4) is 5.69 Å². The van der Waals surface area contributed by atoms with E-state index in [9.17, 15) is 9.18 Å². The maximum atomic E-state index is 13.7. The van der Waals surface area contributed by atoms with Crippen LogP contribution in [0.25, 0.3) is 5.69 Å². The van der Waals surface area contributed by atoms with Gasteiger partial charge in [-0.3, -0.25) is 4.79 Å². The first-order valence-corrected chi connectivity index (χ1v) is 7.03. The van der Waals surface area contributed by atoms with E-state index in [1.807, 2.05) is 6.92 Å². The highest BCUT2D eigenvalue weighted by Crippen LogP contribution is 2.20. The van der Waals surface area contributed by atoms with Crippen LogP contribution in [0.3, 0.4) is 0 Å². The van der Waals surface area contributed by atoms with Crippen molar-refractivity contribution in [1.82, 2.24) is 20.2 Å². The standard InChI is InChI=1S/C15H11ClFN5O/c1-9-2-4-11(7-14(9)22-8-18-20-21-22)19-15(23)12-6-10(16)3-5-13(12)17/h2-8H,1H3,(H,19,23). The largest absolute Gasteiger partial charge is 0.322 e. The molecule has 0 unspecified atom stereocenters. The number of nitrogens with one attached hydrogen (secondary N) is 1. The summed E-state index contributed by atoms with van der Waals surface area (Å²) in [5.74, 6) is -1.23. The minimum atomic E-state index is -0.639. The van der Waals surface area contributed by atoms with E-state index >= 15 is 0 Å². The molecular formula is C15H11ClFN5O. The van der Waals surface area contributed by atoms with Gasteiger partial charge in [-0.2, -0.15) is 0 Å². The van der Waals surface area contributed by atoms with Crippen LogP contribution in [0.15, 0.2) is 42.7 Å². The molecule has 1 heterocycles. The summed E-state index contributed by atoms with van der Waals surface area (Å²) in [5, 5.41) is 13.9. The van der Waals surface area contributed by atoms with E-state index in [1.165, 1.54) is 23.1 Å². The van der Waals surface area contributed by atoms with Gasteiger partial charge in [-0.1, -0.05) is 17.7 Å². The normalized spacial score (nSPS) is 10.6. The zero-order valence-electron chi connectivity index (χ0n) is 12.0. The predicted octanol–water partition coefficient (Wildman–Crippen LogP) is 3.02. The Labute approximate surface area is 135 Å². The number of carbonyl (C=O) groups excluding carboxylic acids is 1. The number of carbonyl (C=O) groups is 1. The Balaban J connectivity index is 1.90. The number of hydrogen-bond donors (Lipinski definition) is 1. The molecular weight excluding hydrogens is 321 g/mol. The Morgan fingerprint density at radius 3 is 2.83 bits per heavy atom. The van der Waals surface area contributed by atoms with E-state index in [1.54, 1.807) is 18.2 Å². The van der Waals surface area contributed by atoms with Crippen LogP contribution in [0.1, 0.15) is 15.9 Å². The van der Waals surface area contributed by atoms with Crippen molar-refractivity contribution in [3.63, 3.8) is 0 Å². The summed E-state index contributed by atoms with van der Waals surface area (Å²) in [6.07, 6.45) is 1.45. The number of rotatable bonds is 3. The Kier molecular flexibility index (Phi) is 4.03. The quantitative estimate of drug-likeness (QED) is 0.800. The maximum Gasteiger partial charge on any atom is 0.258 e. The highest BCUT2D eigenvalue weighted by Gasteiger charge is 2.13. The van der Waals surface area contributed by atoms with Gasteiger partial charge in [0.05, 0.1) is 11.3 Å². The molecule has 8 heteroatoms. The molecule has 0 fully saturated rings. The molecule has 1 amide bonds. The van der Waals surface area contributed by atoms with Crippen LogP contribution in [-0.4, -0.2) is 26.1 Å². The molecule has 2 aromatic carbocycles. The van der Waals surface area contributed by atoms with E-state index in [-0.39, 0.29) is 10.6 Å². The van der Waals surface area contributed by atoms with Crippen LogP contribution in [0, 0.1) is 12.7 Å². The topological polar surface area (TPSA) is 72.7 Å². The third-order valence-corrected chi connectivity index (χ3v) is 3.47. The molecule has 0 aliphatic heterocycles. The van der Waals surface area contributed by atoms with E-state index in [0.29, 0.717) is 11.4 Å². The van der Waals surface area contributed by atoms with Crippen LogP contribution in [-0.2, 0) is 0 Å². The molecule has 0 spiro atoms. The van der Waals surface area contributed by atoms with Crippen molar-refractivity contribution in [2.45, 2.75) is 6.92 Å². The predicted molar refractivity (Wildman–Crippen MR) is 83.3 cm³/mol. The summed E-state index contributed by atoms with van der Waals surface area (Å²) in [4.78, 5) is 12.2. The highest BCUT2D eigenvalue weighted by molar-refractivity contribution is 6.31. The molecule has 1 N–H and O–H groups in total. The molecule has 0 saturated carbocycles. The fourth-order valence-electron chi connectivity index (χ4n) is 2.08. The van der Waals surface area contributed by atoms with E-state index in [2.05, 4.69) is 20.8 Å². The maximum absolute atomic E-state index is 13.7. The van der Waals surface area contributed by atoms with Crippen molar-refractivity contribution in [2.75, 3.05) is 5.32 Å². The van der Waals surface area contributed by atoms with E-state index in [0.717, 1.165) is 11.6 Å². The van der Waals surface area contributed by atoms with E-state index in [4.69, 9.17) is 11.6 Å². The van der Waals surface area contributed by atoms with Crippen molar-refractivity contribution >= 4 is 23.2 Å². The van der Waals surface area contributed by atoms with Crippen molar-refractivity contribution in [1.29, 1.82) is 0 Å². The molecule has 0 aliphatic rings. The van der Waals surface area contributed by atoms with Crippen LogP contribution < -0.4 is 5.32 Å². The van der Waals surface area contributed by atoms with Crippen molar-refractivity contribution < 1.29 is 9.18 Å². The Morgan fingerprint density at radius 1 is 1.26 bits per heavy atom. The van der Waals surface area contributed by atoms with Crippen molar-refractivity contribution in [3.05, 3.63) is 64.7 Å². The average molecular weight is 332 g/mol. The lowest BCUT2D eigenvalue weighted by molar-refractivity contribution is 0.102. The number of halogens is 2. The van der Waals surface area contributed by atoms with Gasteiger partial charge in [0.15, 0.2) is 0 Å². The zero-order chi connectivity index (χ0) is 16.4. The van der Waals surface area contributed by atoms with Crippen LogP contribution >= 0.6 is 11.6 Å². The van der Waals surface area contributed by atoms with Crippen LogP contribution in [0.4, 0.5) is 10.1 Å².